The van der Waals surface area contributed by atoms with Gasteiger partial charge in [0.15, 0.2) is 0 Å². The Morgan fingerprint density at radius 3 is 2.64 bits per heavy atom. The normalized spacial score (nSPS) is 18.8. The topological polar surface area (TPSA) is 75.1 Å². The SMILES string of the molecule is O=C(N[C@H]1C[C@@H]1c1ccc(F)cc1)c1ccc(-c2ccco2)[nH]c1=O. The summed E-state index contributed by atoms with van der Waals surface area (Å²) in [7, 11) is 0. The van der Waals surface area contributed by atoms with E-state index < -0.39 is 11.5 Å². The number of carbonyl (C=O) groups excluding carboxylic acids is 1. The largest absolute Gasteiger partial charge is 0.463 e. The van der Waals surface area contributed by atoms with Crippen molar-refractivity contribution in [2.24, 2.45) is 0 Å². The molecule has 1 aliphatic rings. The van der Waals surface area contributed by atoms with Crippen LogP contribution in [0.4, 0.5) is 4.39 Å². The second-order valence-corrected chi connectivity index (χ2v) is 6.07. The Kier molecular flexibility index (Phi) is 3.72. The Balaban J connectivity index is 1.45. The fourth-order valence-corrected chi connectivity index (χ4v) is 2.91. The smallest absolute Gasteiger partial charge is 0.261 e. The highest BCUT2D eigenvalue weighted by molar-refractivity contribution is 5.94. The fraction of sp³-hybridized carbons (Fsp3) is 0.158. The highest BCUT2D eigenvalue weighted by Gasteiger charge is 2.39. The summed E-state index contributed by atoms with van der Waals surface area (Å²) in [6.45, 7) is 0. The number of pyridine rings is 1. The molecule has 0 saturated heterocycles. The molecule has 2 aromatic heterocycles. The molecule has 5 nitrogen and oxygen atoms in total. The van der Waals surface area contributed by atoms with Gasteiger partial charge in [-0.05, 0) is 48.4 Å². The van der Waals surface area contributed by atoms with Crippen molar-refractivity contribution in [3.63, 3.8) is 0 Å². The predicted molar refractivity (Wildman–Crippen MR) is 89.8 cm³/mol. The standard InChI is InChI=1S/C19H15FN2O3/c20-12-5-3-11(4-6-12)14-10-16(14)22-19(24)13-7-8-15(21-18(13)23)17-2-1-9-25-17/h1-9,14,16H,10H2,(H,21,23)(H,22,24)/t14-,16+/m1/s1. The molecule has 3 aromatic rings. The minimum absolute atomic E-state index is 0.0397. The van der Waals surface area contributed by atoms with Gasteiger partial charge in [-0.2, -0.15) is 0 Å². The van der Waals surface area contributed by atoms with E-state index in [0.29, 0.717) is 11.5 Å². The maximum atomic E-state index is 13.0. The Labute approximate surface area is 142 Å². The van der Waals surface area contributed by atoms with Gasteiger partial charge in [0.1, 0.15) is 17.1 Å². The number of furan rings is 1. The van der Waals surface area contributed by atoms with Gasteiger partial charge in [0, 0.05) is 12.0 Å². The zero-order valence-electron chi connectivity index (χ0n) is 13.2. The quantitative estimate of drug-likeness (QED) is 0.768. The number of hydrogen-bond donors (Lipinski definition) is 2. The average Bonchev–Trinajstić information content (AvgIpc) is 3.14. The summed E-state index contributed by atoms with van der Waals surface area (Å²) in [5, 5.41) is 2.85. The van der Waals surface area contributed by atoms with E-state index in [1.54, 1.807) is 30.3 Å². The monoisotopic (exact) mass is 338 g/mol. The van der Waals surface area contributed by atoms with Crippen LogP contribution in [0.3, 0.4) is 0 Å². The molecule has 1 aliphatic carbocycles. The number of rotatable bonds is 4. The van der Waals surface area contributed by atoms with Gasteiger partial charge in [0.25, 0.3) is 11.5 Å². The van der Waals surface area contributed by atoms with E-state index in [1.807, 2.05) is 0 Å². The second kappa shape index (κ2) is 6.05. The van der Waals surface area contributed by atoms with Crippen molar-refractivity contribution in [2.45, 2.75) is 18.4 Å². The molecule has 2 heterocycles. The van der Waals surface area contributed by atoms with E-state index in [0.717, 1.165) is 12.0 Å². The van der Waals surface area contributed by atoms with Crippen molar-refractivity contribution < 1.29 is 13.6 Å². The molecular formula is C19H15FN2O3. The molecule has 0 unspecified atom stereocenters. The number of amides is 1. The van der Waals surface area contributed by atoms with Crippen LogP contribution in [0.2, 0.25) is 0 Å². The van der Waals surface area contributed by atoms with E-state index in [2.05, 4.69) is 10.3 Å². The maximum Gasteiger partial charge on any atom is 0.261 e. The van der Waals surface area contributed by atoms with Crippen molar-refractivity contribution in [2.75, 3.05) is 0 Å². The van der Waals surface area contributed by atoms with E-state index >= 15 is 0 Å². The van der Waals surface area contributed by atoms with Crippen molar-refractivity contribution in [1.82, 2.24) is 10.3 Å². The summed E-state index contributed by atoms with van der Waals surface area (Å²) < 4.78 is 18.2. The molecule has 126 valence electrons. The van der Waals surface area contributed by atoms with Gasteiger partial charge in [-0.3, -0.25) is 9.59 Å². The number of H-pyrrole nitrogens is 1. The molecular weight excluding hydrogens is 323 g/mol. The van der Waals surface area contributed by atoms with Crippen LogP contribution in [0.5, 0.6) is 0 Å². The first-order valence-corrected chi connectivity index (χ1v) is 7.95. The summed E-state index contributed by atoms with van der Waals surface area (Å²) in [6, 6.07) is 12.8. The van der Waals surface area contributed by atoms with Gasteiger partial charge in [0.2, 0.25) is 0 Å². The lowest BCUT2D eigenvalue weighted by molar-refractivity contribution is 0.0949. The number of benzene rings is 1. The van der Waals surface area contributed by atoms with E-state index in [9.17, 15) is 14.0 Å². The Bertz CT molecular complexity index is 961. The minimum Gasteiger partial charge on any atom is -0.463 e. The Hall–Kier alpha value is -3.15. The van der Waals surface area contributed by atoms with Crippen LogP contribution in [0, 0.1) is 5.82 Å². The van der Waals surface area contributed by atoms with Gasteiger partial charge >= 0.3 is 0 Å². The highest BCUT2D eigenvalue weighted by atomic mass is 19.1. The van der Waals surface area contributed by atoms with Crippen LogP contribution in [-0.2, 0) is 0 Å². The third kappa shape index (κ3) is 3.10. The third-order valence-electron chi connectivity index (χ3n) is 4.35. The molecule has 1 aromatic carbocycles. The fourth-order valence-electron chi connectivity index (χ4n) is 2.91. The van der Waals surface area contributed by atoms with Gasteiger partial charge in [-0.25, -0.2) is 4.39 Å². The summed E-state index contributed by atoms with van der Waals surface area (Å²) >= 11 is 0. The summed E-state index contributed by atoms with van der Waals surface area (Å²) in [4.78, 5) is 27.1. The Morgan fingerprint density at radius 1 is 1.16 bits per heavy atom. The lowest BCUT2D eigenvalue weighted by Crippen LogP contribution is -2.31. The predicted octanol–water partition coefficient (Wildman–Crippen LogP) is 3.06. The van der Waals surface area contributed by atoms with Gasteiger partial charge in [-0.15, -0.1) is 0 Å². The molecule has 1 fully saturated rings. The molecule has 2 atom stereocenters. The zero-order chi connectivity index (χ0) is 17.4. The van der Waals surface area contributed by atoms with E-state index in [1.165, 1.54) is 24.5 Å². The van der Waals surface area contributed by atoms with E-state index in [4.69, 9.17) is 4.42 Å². The number of hydrogen-bond acceptors (Lipinski definition) is 3. The van der Waals surface area contributed by atoms with Crippen molar-refractivity contribution in [3.05, 3.63) is 82.1 Å². The van der Waals surface area contributed by atoms with Gasteiger partial charge in [0.05, 0.1) is 12.0 Å². The van der Waals surface area contributed by atoms with Crippen LogP contribution < -0.4 is 10.9 Å². The van der Waals surface area contributed by atoms with E-state index in [-0.39, 0.29) is 23.3 Å². The molecule has 1 saturated carbocycles. The minimum atomic E-state index is -0.467. The molecule has 2 N–H and O–H groups in total. The molecule has 0 spiro atoms. The van der Waals surface area contributed by atoms with Gasteiger partial charge in [-0.1, -0.05) is 12.1 Å². The first-order valence-electron chi connectivity index (χ1n) is 7.95. The summed E-state index contributed by atoms with van der Waals surface area (Å²) in [5.74, 6) is -0.0105. The molecule has 4 rings (SSSR count). The van der Waals surface area contributed by atoms with Crippen molar-refractivity contribution >= 4 is 5.91 Å². The number of aromatic amines is 1. The second-order valence-electron chi connectivity index (χ2n) is 6.07. The van der Waals surface area contributed by atoms with Gasteiger partial charge < -0.3 is 14.7 Å². The molecule has 25 heavy (non-hydrogen) atoms. The van der Waals surface area contributed by atoms with Crippen LogP contribution in [-0.4, -0.2) is 16.9 Å². The van der Waals surface area contributed by atoms with Crippen LogP contribution >= 0.6 is 0 Å². The molecule has 0 aliphatic heterocycles. The van der Waals surface area contributed by atoms with Crippen molar-refractivity contribution in [1.29, 1.82) is 0 Å². The molecule has 1 amide bonds. The van der Waals surface area contributed by atoms with Crippen LogP contribution in [0.15, 0.2) is 64.0 Å². The first-order chi connectivity index (χ1) is 12.1. The molecule has 6 heteroatoms. The molecule has 0 bridgehead atoms. The highest BCUT2D eigenvalue weighted by Crippen LogP contribution is 2.40. The van der Waals surface area contributed by atoms with Crippen LogP contribution in [0.1, 0.15) is 28.3 Å². The third-order valence-corrected chi connectivity index (χ3v) is 4.35. The number of nitrogens with one attached hydrogen (secondary N) is 2. The number of aromatic nitrogens is 1. The lowest BCUT2D eigenvalue weighted by Gasteiger charge is -2.05. The first kappa shape index (κ1) is 15.4. The number of carbonyl (C=O) groups is 1. The molecule has 0 radical (unpaired) electrons. The van der Waals surface area contributed by atoms with Crippen LogP contribution in [0.25, 0.3) is 11.5 Å². The lowest BCUT2D eigenvalue weighted by atomic mass is 10.1. The summed E-state index contributed by atoms with van der Waals surface area (Å²) in [5.41, 5.74) is 1.08. The Morgan fingerprint density at radius 2 is 1.96 bits per heavy atom. The van der Waals surface area contributed by atoms with Crippen molar-refractivity contribution in [3.8, 4) is 11.5 Å². The summed E-state index contributed by atoms with van der Waals surface area (Å²) in [6.07, 6.45) is 2.29. The average molecular weight is 338 g/mol. The maximum absolute atomic E-state index is 13.0. The number of halogens is 1. The zero-order valence-corrected chi connectivity index (χ0v) is 13.2.